The van der Waals surface area contributed by atoms with Crippen molar-refractivity contribution in [3.8, 4) is 0 Å². The lowest BCUT2D eigenvalue weighted by atomic mass is 10.1. The van der Waals surface area contributed by atoms with Crippen LogP contribution in [0, 0.1) is 0 Å². The number of fused-ring (bicyclic) bond motifs is 1. The van der Waals surface area contributed by atoms with E-state index in [4.69, 9.17) is 0 Å². The quantitative estimate of drug-likeness (QED) is 0.822. The predicted octanol–water partition coefficient (Wildman–Crippen LogP) is 1.68. The number of rotatable bonds is 2. The monoisotopic (exact) mass is 384 g/mol. The van der Waals surface area contributed by atoms with Gasteiger partial charge in [0.1, 0.15) is 4.90 Å². The molecule has 2 aliphatic heterocycles. The van der Waals surface area contributed by atoms with Crippen LogP contribution in [-0.4, -0.2) is 50.7 Å². The number of amides is 1. The zero-order valence-electron chi connectivity index (χ0n) is 14.8. The molecule has 8 heteroatoms. The Hall–Kier alpha value is -2.71. The molecule has 1 amide bonds. The molecule has 0 bridgehead atoms. The lowest BCUT2D eigenvalue weighted by molar-refractivity contribution is 0.0709. The third-order valence-electron chi connectivity index (χ3n) is 4.68. The van der Waals surface area contributed by atoms with E-state index in [9.17, 15) is 13.2 Å². The summed E-state index contributed by atoms with van der Waals surface area (Å²) in [4.78, 5) is 14.7. The summed E-state index contributed by atoms with van der Waals surface area (Å²) in [5.41, 5.74) is 1.83. The number of anilines is 1. The molecular weight excluding hydrogens is 364 g/mol. The SMILES string of the molecule is CC1CN(C(=O)c2ccc(NC3=NS(=O)(=O)c4ccccc43)cc2)CCN1. The topological polar surface area (TPSA) is 90.9 Å². The summed E-state index contributed by atoms with van der Waals surface area (Å²) < 4.78 is 28.1. The van der Waals surface area contributed by atoms with Crippen LogP contribution in [-0.2, 0) is 10.0 Å². The van der Waals surface area contributed by atoms with Crippen LogP contribution in [0.3, 0.4) is 0 Å². The molecule has 1 atom stereocenters. The Morgan fingerprint density at radius 2 is 1.93 bits per heavy atom. The van der Waals surface area contributed by atoms with Gasteiger partial charge in [0, 0.05) is 42.5 Å². The molecule has 140 valence electrons. The Bertz CT molecular complexity index is 1020. The van der Waals surface area contributed by atoms with Crippen molar-refractivity contribution in [2.45, 2.75) is 17.9 Å². The van der Waals surface area contributed by atoms with E-state index in [2.05, 4.69) is 22.0 Å². The average Bonchev–Trinajstić information content (AvgIpc) is 2.92. The molecular formula is C19H20N4O3S. The highest BCUT2D eigenvalue weighted by atomic mass is 32.2. The zero-order valence-corrected chi connectivity index (χ0v) is 15.7. The highest BCUT2D eigenvalue weighted by Crippen LogP contribution is 2.26. The van der Waals surface area contributed by atoms with Gasteiger partial charge in [-0.05, 0) is 43.3 Å². The van der Waals surface area contributed by atoms with Gasteiger partial charge >= 0.3 is 0 Å². The standard InChI is InChI=1S/C19H20N4O3S/c1-13-12-23(11-10-20-13)19(24)14-6-8-15(9-7-14)21-18-16-4-2-3-5-17(16)27(25,26)22-18/h2-9,13,20H,10-12H2,1H3,(H,21,22). The van der Waals surface area contributed by atoms with Gasteiger partial charge in [0.05, 0.1) is 0 Å². The van der Waals surface area contributed by atoms with E-state index >= 15 is 0 Å². The van der Waals surface area contributed by atoms with E-state index in [1.807, 2.05) is 4.90 Å². The van der Waals surface area contributed by atoms with Crippen LogP contribution in [0.5, 0.6) is 0 Å². The minimum absolute atomic E-state index is 0.000954. The molecule has 1 unspecified atom stereocenters. The summed E-state index contributed by atoms with van der Waals surface area (Å²) in [6.07, 6.45) is 0. The van der Waals surface area contributed by atoms with E-state index in [0.717, 1.165) is 6.54 Å². The van der Waals surface area contributed by atoms with Crippen molar-refractivity contribution < 1.29 is 13.2 Å². The normalized spacial score (nSPS) is 20.7. The summed E-state index contributed by atoms with van der Waals surface area (Å²) in [6.45, 7) is 4.22. The zero-order chi connectivity index (χ0) is 19.0. The van der Waals surface area contributed by atoms with Gasteiger partial charge in [0.25, 0.3) is 15.9 Å². The molecule has 0 spiro atoms. The highest BCUT2D eigenvalue weighted by Gasteiger charge is 2.28. The Morgan fingerprint density at radius 3 is 2.67 bits per heavy atom. The number of amidine groups is 1. The van der Waals surface area contributed by atoms with Crippen molar-refractivity contribution in [1.29, 1.82) is 0 Å². The van der Waals surface area contributed by atoms with Crippen LogP contribution >= 0.6 is 0 Å². The van der Waals surface area contributed by atoms with Gasteiger partial charge in [0.15, 0.2) is 5.84 Å². The maximum atomic E-state index is 12.6. The Labute approximate surface area is 158 Å². The first-order valence-electron chi connectivity index (χ1n) is 8.78. The van der Waals surface area contributed by atoms with Gasteiger partial charge < -0.3 is 15.5 Å². The second-order valence-corrected chi connectivity index (χ2v) is 8.29. The fourth-order valence-electron chi connectivity index (χ4n) is 3.33. The maximum Gasteiger partial charge on any atom is 0.285 e. The summed E-state index contributed by atoms with van der Waals surface area (Å²) in [5, 5.41) is 6.36. The molecule has 1 saturated heterocycles. The fourth-order valence-corrected chi connectivity index (χ4v) is 4.50. The highest BCUT2D eigenvalue weighted by molar-refractivity contribution is 7.90. The summed E-state index contributed by atoms with van der Waals surface area (Å²) in [5.74, 6) is 0.293. The van der Waals surface area contributed by atoms with E-state index in [1.165, 1.54) is 0 Å². The predicted molar refractivity (Wildman–Crippen MR) is 104 cm³/mol. The molecule has 2 aromatic carbocycles. The van der Waals surface area contributed by atoms with Crippen molar-refractivity contribution in [3.05, 3.63) is 59.7 Å². The van der Waals surface area contributed by atoms with Gasteiger partial charge in [-0.3, -0.25) is 4.79 Å². The van der Waals surface area contributed by atoms with Gasteiger partial charge in [-0.15, -0.1) is 4.40 Å². The number of piperazine rings is 1. The van der Waals surface area contributed by atoms with Crippen LogP contribution in [0.15, 0.2) is 57.8 Å². The molecule has 2 N–H and O–H groups in total. The van der Waals surface area contributed by atoms with Crippen molar-refractivity contribution in [2.24, 2.45) is 4.40 Å². The number of hydrogen-bond acceptors (Lipinski definition) is 5. The molecule has 2 aliphatic rings. The van der Waals surface area contributed by atoms with E-state index in [1.54, 1.807) is 48.5 Å². The minimum Gasteiger partial charge on any atom is -0.339 e. The Kier molecular flexibility index (Phi) is 4.45. The summed E-state index contributed by atoms with van der Waals surface area (Å²) in [7, 11) is -3.66. The smallest absolute Gasteiger partial charge is 0.285 e. The van der Waals surface area contributed by atoms with Crippen molar-refractivity contribution in [3.63, 3.8) is 0 Å². The molecule has 2 aromatic rings. The van der Waals surface area contributed by atoms with E-state index < -0.39 is 10.0 Å². The molecule has 7 nitrogen and oxygen atoms in total. The van der Waals surface area contributed by atoms with Crippen molar-refractivity contribution in [2.75, 3.05) is 25.0 Å². The Morgan fingerprint density at radius 1 is 1.19 bits per heavy atom. The Balaban J connectivity index is 1.51. The van der Waals surface area contributed by atoms with Gasteiger partial charge in [0.2, 0.25) is 0 Å². The van der Waals surface area contributed by atoms with Crippen LogP contribution < -0.4 is 10.6 Å². The van der Waals surface area contributed by atoms with Crippen LogP contribution in [0.2, 0.25) is 0 Å². The third kappa shape index (κ3) is 3.45. The van der Waals surface area contributed by atoms with Crippen LogP contribution in [0.4, 0.5) is 5.69 Å². The number of carbonyl (C=O) groups is 1. The van der Waals surface area contributed by atoms with Crippen LogP contribution in [0.1, 0.15) is 22.8 Å². The van der Waals surface area contributed by atoms with Gasteiger partial charge in [-0.2, -0.15) is 8.42 Å². The number of benzene rings is 2. The van der Waals surface area contributed by atoms with Crippen molar-refractivity contribution in [1.82, 2.24) is 10.2 Å². The molecule has 27 heavy (non-hydrogen) atoms. The molecule has 0 aromatic heterocycles. The fraction of sp³-hybridized carbons (Fsp3) is 0.263. The molecule has 0 aliphatic carbocycles. The molecule has 1 fully saturated rings. The van der Waals surface area contributed by atoms with Gasteiger partial charge in [-0.1, -0.05) is 12.1 Å². The number of hydrogen-bond donors (Lipinski definition) is 2. The summed E-state index contributed by atoms with van der Waals surface area (Å²) >= 11 is 0. The lowest BCUT2D eigenvalue weighted by Crippen LogP contribution is -2.51. The number of nitrogens with one attached hydrogen (secondary N) is 2. The van der Waals surface area contributed by atoms with E-state index in [0.29, 0.717) is 35.7 Å². The second-order valence-electron chi connectivity index (χ2n) is 6.72. The number of nitrogens with zero attached hydrogens (tertiary/aromatic N) is 2. The van der Waals surface area contributed by atoms with Crippen LogP contribution in [0.25, 0.3) is 0 Å². The van der Waals surface area contributed by atoms with E-state index in [-0.39, 0.29) is 16.8 Å². The third-order valence-corrected chi connectivity index (χ3v) is 6.02. The lowest BCUT2D eigenvalue weighted by Gasteiger charge is -2.32. The van der Waals surface area contributed by atoms with Crippen molar-refractivity contribution >= 4 is 27.5 Å². The molecule has 4 rings (SSSR count). The molecule has 2 heterocycles. The molecule has 0 radical (unpaired) electrons. The second kappa shape index (κ2) is 6.79. The summed E-state index contributed by atoms with van der Waals surface area (Å²) in [6, 6.07) is 14.0. The average molecular weight is 384 g/mol. The molecule has 0 saturated carbocycles. The first-order chi connectivity index (χ1) is 12.9. The van der Waals surface area contributed by atoms with Gasteiger partial charge in [-0.25, -0.2) is 0 Å². The first-order valence-corrected chi connectivity index (χ1v) is 10.2. The number of carbonyl (C=O) groups excluding carboxylic acids is 1. The number of sulfonamides is 1. The largest absolute Gasteiger partial charge is 0.339 e. The maximum absolute atomic E-state index is 12.6. The first kappa shape index (κ1) is 17.7. The minimum atomic E-state index is -3.66.